The van der Waals surface area contributed by atoms with Gasteiger partial charge in [0.1, 0.15) is 0 Å². The second kappa shape index (κ2) is 9.75. The zero-order valence-electron chi connectivity index (χ0n) is 17.6. The molecule has 0 unspecified atom stereocenters. The third kappa shape index (κ3) is 5.19. The van der Waals surface area contributed by atoms with Crippen LogP contribution in [0.15, 0.2) is 24.3 Å². The van der Waals surface area contributed by atoms with Crippen molar-refractivity contribution in [2.45, 2.75) is 63.8 Å². The molecule has 5 nitrogen and oxygen atoms in total. The van der Waals surface area contributed by atoms with Crippen LogP contribution in [-0.2, 0) is 16.0 Å². The predicted octanol–water partition coefficient (Wildman–Crippen LogP) is 3.29. The molecule has 1 aromatic rings. The van der Waals surface area contributed by atoms with Gasteiger partial charge in [0.2, 0.25) is 11.8 Å². The molecule has 2 aliphatic heterocycles. The van der Waals surface area contributed by atoms with Crippen LogP contribution in [0.4, 0.5) is 0 Å². The molecular formula is C24H35N3O2. The molecule has 0 bridgehead atoms. The molecule has 3 aliphatic rings. The van der Waals surface area contributed by atoms with Crippen LogP contribution in [0.5, 0.6) is 0 Å². The lowest BCUT2D eigenvalue weighted by atomic mass is 9.88. The van der Waals surface area contributed by atoms with Crippen LogP contribution in [0.2, 0.25) is 0 Å². The second-order valence-corrected chi connectivity index (χ2v) is 9.00. The number of fused-ring (bicyclic) bond motifs is 1. The molecule has 1 atom stereocenters. The van der Waals surface area contributed by atoms with Crippen LogP contribution in [0.1, 0.15) is 68.5 Å². The Balaban J connectivity index is 1.24. The van der Waals surface area contributed by atoms with Crippen LogP contribution in [0, 0.1) is 5.92 Å². The van der Waals surface area contributed by atoms with Gasteiger partial charge in [-0.2, -0.15) is 0 Å². The Morgan fingerprint density at radius 1 is 0.897 bits per heavy atom. The summed E-state index contributed by atoms with van der Waals surface area (Å²) in [5.74, 6) is 0.622. The third-order valence-electron chi connectivity index (χ3n) is 6.93. The molecule has 0 radical (unpaired) electrons. The maximum absolute atomic E-state index is 12.8. The minimum absolute atomic E-state index is 0.115. The monoisotopic (exact) mass is 397 g/mol. The lowest BCUT2D eigenvalue weighted by Crippen LogP contribution is -2.46. The molecule has 1 N–H and O–H groups in total. The summed E-state index contributed by atoms with van der Waals surface area (Å²) in [6.45, 7) is 4.01. The number of carbonyl (C=O) groups is 2. The Labute approximate surface area is 174 Å². The quantitative estimate of drug-likeness (QED) is 0.848. The first-order valence-electron chi connectivity index (χ1n) is 11.6. The fraction of sp³-hybridized carbons (Fsp3) is 0.667. The Kier molecular flexibility index (Phi) is 6.86. The highest BCUT2D eigenvalue weighted by atomic mass is 16.2. The highest BCUT2D eigenvalue weighted by molar-refractivity contribution is 5.80. The number of rotatable bonds is 4. The van der Waals surface area contributed by atoms with Crippen molar-refractivity contribution in [3.05, 3.63) is 35.4 Å². The molecule has 5 heteroatoms. The van der Waals surface area contributed by atoms with E-state index in [2.05, 4.69) is 39.4 Å². The van der Waals surface area contributed by atoms with E-state index in [0.717, 1.165) is 71.1 Å². The van der Waals surface area contributed by atoms with Gasteiger partial charge in [-0.1, -0.05) is 37.1 Å². The van der Waals surface area contributed by atoms with E-state index in [1.807, 2.05) is 0 Å². The summed E-state index contributed by atoms with van der Waals surface area (Å²) in [5, 5.41) is 3.26. The Morgan fingerprint density at radius 2 is 1.62 bits per heavy atom. The van der Waals surface area contributed by atoms with E-state index < -0.39 is 0 Å². The molecule has 2 fully saturated rings. The number of aryl methyl sites for hydroxylation is 1. The molecule has 2 saturated heterocycles. The van der Waals surface area contributed by atoms with Crippen LogP contribution in [-0.4, -0.2) is 54.3 Å². The topological polar surface area (TPSA) is 52.7 Å². The van der Waals surface area contributed by atoms with Gasteiger partial charge in [0.05, 0.1) is 12.6 Å². The van der Waals surface area contributed by atoms with E-state index >= 15 is 0 Å². The number of hydrogen-bond donors (Lipinski definition) is 1. The molecule has 0 spiro atoms. The zero-order valence-corrected chi connectivity index (χ0v) is 17.6. The van der Waals surface area contributed by atoms with Crippen LogP contribution in [0.3, 0.4) is 0 Å². The molecule has 1 aliphatic carbocycles. The number of hydrogen-bond acceptors (Lipinski definition) is 3. The molecule has 2 heterocycles. The number of likely N-dealkylation sites (tertiary alicyclic amines) is 2. The van der Waals surface area contributed by atoms with Gasteiger partial charge in [0, 0.05) is 19.0 Å². The summed E-state index contributed by atoms with van der Waals surface area (Å²) < 4.78 is 0. The zero-order chi connectivity index (χ0) is 20.1. The van der Waals surface area contributed by atoms with Gasteiger partial charge in [0.25, 0.3) is 0 Å². The predicted molar refractivity (Wildman–Crippen MR) is 114 cm³/mol. The first kappa shape index (κ1) is 20.4. The fourth-order valence-corrected chi connectivity index (χ4v) is 5.23. The molecule has 0 saturated carbocycles. The van der Waals surface area contributed by atoms with E-state index in [-0.39, 0.29) is 17.9 Å². The lowest BCUT2D eigenvalue weighted by Gasteiger charge is -2.34. The maximum atomic E-state index is 12.8. The van der Waals surface area contributed by atoms with Crippen LogP contribution in [0.25, 0.3) is 0 Å². The van der Waals surface area contributed by atoms with Crippen LogP contribution >= 0.6 is 0 Å². The molecule has 29 heavy (non-hydrogen) atoms. The van der Waals surface area contributed by atoms with Gasteiger partial charge >= 0.3 is 0 Å². The first-order chi connectivity index (χ1) is 14.2. The van der Waals surface area contributed by atoms with Crippen molar-refractivity contribution >= 4 is 11.8 Å². The standard InChI is InChI=1S/C24H35N3O2/c28-23(25-22-11-7-9-19-8-3-4-10-21(19)22)18-26-16-12-20(13-17-26)24(29)27-14-5-1-2-6-15-27/h3-4,8,10,20,22H,1-2,5-7,9,11-18H2,(H,25,28)/t22-/m1/s1. The Hall–Kier alpha value is -1.88. The minimum Gasteiger partial charge on any atom is -0.348 e. The van der Waals surface area contributed by atoms with E-state index in [0.29, 0.717) is 12.5 Å². The average Bonchev–Trinajstić information content (AvgIpc) is 3.04. The number of amides is 2. The van der Waals surface area contributed by atoms with Gasteiger partial charge in [-0.05, 0) is 69.2 Å². The maximum Gasteiger partial charge on any atom is 0.234 e. The summed E-state index contributed by atoms with van der Waals surface area (Å²) in [4.78, 5) is 29.8. The second-order valence-electron chi connectivity index (χ2n) is 9.00. The van der Waals surface area contributed by atoms with Crippen molar-refractivity contribution in [3.8, 4) is 0 Å². The number of benzene rings is 1. The molecular weight excluding hydrogens is 362 g/mol. The minimum atomic E-state index is 0.115. The summed E-state index contributed by atoms with van der Waals surface area (Å²) in [5.41, 5.74) is 2.66. The Bertz CT molecular complexity index is 704. The first-order valence-corrected chi connectivity index (χ1v) is 11.6. The smallest absolute Gasteiger partial charge is 0.234 e. The van der Waals surface area contributed by atoms with Crippen molar-refractivity contribution in [2.24, 2.45) is 5.92 Å². The normalized spacial score (nSPS) is 23.9. The van der Waals surface area contributed by atoms with Crippen molar-refractivity contribution in [2.75, 3.05) is 32.7 Å². The Morgan fingerprint density at radius 3 is 2.38 bits per heavy atom. The average molecular weight is 398 g/mol. The van der Waals surface area contributed by atoms with Gasteiger partial charge in [-0.3, -0.25) is 14.5 Å². The van der Waals surface area contributed by atoms with Crippen molar-refractivity contribution in [1.29, 1.82) is 0 Å². The van der Waals surface area contributed by atoms with E-state index in [1.165, 1.54) is 24.0 Å². The summed E-state index contributed by atoms with van der Waals surface area (Å²) in [6.07, 6.45) is 9.84. The number of nitrogens with one attached hydrogen (secondary N) is 1. The van der Waals surface area contributed by atoms with Crippen LogP contribution < -0.4 is 5.32 Å². The van der Waals surface area contributed by atoms with Gasteiger partial charge in [-0.15, -0.1) is 0 Å². The highest BCUT2D eigenvalue weighted by Gasteiger charge is 2.30. The van der Waals surface area contributed by atoms with E-state index in [9.17, 15) is 9.59 Å². The largest absolute Gasteiger partial charge is 0.348 e. The lowest BCUT2D eigenvalue weighted by molar-refractivity contribution is -0.137. The highest BCUT2D eigenvalue weighted by Crippen LogP contribution is 2.29. The summed E-state index contributed by atoms with van der Waals surface area (Å²) in [6, 6.07) is 8.63. The third-order valence-corrected chi connectivity index (χ3v) is 6.93. The van der Waals surface area contributed by atoms with Crippen molar-refractivity contribution in [1.82, 2.24) is 15.1 Å². The van der Waals surface area contributed by atoms with Gasteiger partial charge in [-0.25, -0.2) is 0 Å². The molecule has 0 aromatic heterocycles. The molecule has 2 amide bonds. The summed E-state index contributed by atoms with van der Waals surface area (Å²) in [7, 11) is 0. The molecule has 158 valence electrons. The molecule has 1 aromatic carbocycles. The number of carbonyl (C=O) groups excluding carboxylic acids is 2. The van der Waals surface area contributed by atoms with Crippen molar-refractivity contribution < 1.29 is 9.59 Å². The number of piperidine rings is 1. The molecule has 4 rings (SSSR count). The van der Waals surface area contributed by atoms with E-state index in [1.54, 1.807) is 0 Å². The number of nitrogens with zero attached hydrogens (tertiary/aromatic N) is 2. The van der Waals surface area contributed by atoms with Crippen molar-refractivity contribution in [3.63, 3.8) is 0 Å². The fourth-order valence-electron chi connectivity index (χ4n) is 5.23. The van der Waals surface area contributed by atoms with Gasteiger partial charge in [0.15, 0.2) is 0 Å². The van der Waals surface area contributed by atoms with E-state index in [4.69, 9.17) is 0 Å². The SMILES string of the molecule is O=C(CN1CCC(C(=O)N2CCCCCC2)CC1)N[C@@H]1CCCc2ccccc21. The summed E-state index contributed by atoms with van der Waals surface area (Å²) >= 11 is 0. The van der Waals surface area contributed by atoms with Gasteiger partial charge < -0.3 is 10.2 Å².